The molecule has 1 aliphatic carbocycles. The number of imide groups is 1. The Morgan fingerprint density at radius 3 is 2.30 bits per heavy atom. The number of nitrogens with zero attached hydrogens (tertiary/aromatic N) is 1. The monoisotopic (exact) mass is 446 g/mol. The molecule has 0 unspecified atom stereocenters. The zero-order chi connectivity index (χ0) is 23.4. The molecule has 3 amide bonds. The van der Waals surface area contributed by atoms with Gasteiger partial charge in [0.25, 0.3) is 5.91 Å². The third-order valence-corrected chi connectivity index (χ3v) is 6.04. The standard InChI is InChI=1S/C26H26N2O5/c1-17-8-7-11-19(14-17)27-23(29)16-33-26(32)22(15-18-9-3-2-4-10-18)28-24(30)20-12-5-6-13-21(20)25(28)31/h2-11,14,20-22H,12-13,15-16H2,1H3,(H,27,29)/t20-,21+,22-/m0/s1. The summed E-state index contributed by atoms with van der Waals surface area (Å²) < 4.78 is 5.29. The maximum Gasteiger partial charge on any atom is 0.330 e. The second kappa shape index (κ2) is 9.81. The van der Waals surface area contributed by atoms with Crippen LogP contribution >= 0.6 is 0 Å². The van der Waals surface area contributed by atoms with Crippen LogP contribution in [-0.4, -0.2) is 41.2 Å². The van der Waals surface area contributed by atoms with Gasteiger partial charge in [-0.2, -0.15) is 0 Å². The second-order valence-corrected chi connectivity index (χ2v) is 8.43. The molecular weight excluding hydrogens is 420 g/mol. The number of anilines is 1. The zero-order valence-corrected chi connectivity index (χ0v) is 18.4. The average Bonchev–Trinajstić information content (AvgIpc) is 3.07. The van der Waals surface area contributed by atoms with Crippen LogP contribution in [0.3, 0.4) is 0 Å². The predicted molar refractivity (Wildman–Crippen MR) is 122 cm³/mol. The molecule has 0 bridgehead atoms. The van der Waals surface area contributed by atoms with Crippen molar-refractivity contribution < 1.29 is 23.9 Å². The van der Waals surface area contributed by atoms with Gasteiger partial charge in [0.15, 0.2) is 6.61 Å². The molecule has 0 saturated carbocycles. The molecule has 2 aromatic carbocycles. The fraction of sp³-hybridized carbons (Fsp3) is 0.308. The van der Waals surface area contributed by atoms with E-state index in [2.05, 4.69) is 5.32 Å². The fourth-order valence-corrected chi connectivity index (χ4v) is 4.40. The van der Waals surface area contributed by atoms with Crippen LogP contribution in [0, 0.1) is 18.8 Å². The normalized spacial score (nSPS) is 20.3. The summed E-state index contributed by atoms with van der Waals surface area (Å²) in [4.78, 5) is 52.6. The van der Waals surface area contributed by atoms with Crippen LogP contribution in [0.2, 0.25) is 0 Å². The number of ether oxygens (including phenoxy) is 1. The highest BCUT2D eigenvalue weighted by molar-refractivity contribution is 6.08. The summed E-state index contributed by atoms with van der Waals surface area (Å²) in [7, 11) is 0. The summed E-state index contributed by atoms with van der Waals surface area (Å²) in [5.41, 5.74) is 2.37. The van der Waals surface area contributed by atoms with Crippen molar-refractivity contribution in [2.24, 2.45) is 11.8 Å². The van der Waals surface area contributed by atoms with E-state index in [-0.39, 0.29) is 18.2 Å². The van der Waals surface area contributed by atoms with Gasteiger partial charge in [-0.15, -0.1) is 0 Å². The number of rotatable bonds is 7. The van der Waals surface area contributed by atoms with Crippen molar-refractivity contribution >= 4 is 29.4 Å². The van der Waals surface area contributed by atoms with E-state index in [0.717, 1.165) is 16.0 Å². The number of nitrogens with one attached hydrogen (secondary N) is 1. The van der Waals surface area contributed by atoms with Gasteiger partial charge in [0.05, 0.1) is 11.8 Å². The molecule has 7 heteroatoms. The van der Waals surface area contributed by atoms with E-state index in [9.17, 15) is 19.2 Å². The van der Waals surface area contributed by atoms with Gasteiger partial charge < -0.3 is 10.1 Å². The average molecular weight is 447 g/mol. The first-order valence-electron chi connectivity index (χ1n) is 11.0. The number of allylic oxidation sites excluding steroid dienone is 2. The van der Waals surface area contributed by atoms with Crippen molar-refractivity contribution in [1.29, 1.82) is 0 Å². The Morgan fingerprint density at radius 1 is 1.00 bits per heavy atom. The number of hydrogen-bond acceptors (Lipinski definition) is 5. The van der Waals surface area contributed by atoms with Gasteiger partial charge in [-0.05, 0) is 43.0 Å². The molecule has 2 aliphatic rings. The van der Waals surface area contributed by atoms with E-state index >= 15 is 0 Å². The van der Waals surface area contributed by atoms with E-state index in [0.29, 0.717) is 18.5 Å². The topological polar surface area (TPSA) is 92.8 Å². The molecule has 0 aromatic heterocycles. The van der Waals surface area contributed by atoms with Gasteiger partial charge in [0.2, 0.25) is 11.8 Å². The summed E-state index contributed by atoms with van der Waals surface area (Å²) in [5.74, 6) is -2.86. The van der Waals surface area contributed by atoms with Crippen molar-refractivity contribution in [3.05, 3.63) is 77.9 Å². The van der Waals surface area contributed by atoms with E-state index in [1.807, 2.05) is 61.5 Å². The maximum atomic E-state index is 13.1. The van der Waals surface area contributed by atoms with E-state index in [1.54, 1.807) is 12.1 Å². The quantitative estimate of drug-likeness (QED) is 0.401. The predicted octanol–water partition coefficient (Wildman–Crippen LogP) is 3.04. The summed E-state index contributed by atoms with van der Waals surface area (Å²) in [6.45, 7) is 1.39. The first-order chi connectivity index (χ1) is 15.9. The maximum absolute atomic E-state index is 13.1. The first kappa shape index (κ1) is 22.5. The van der Waals surface area contributed by atoms with Gasteiger partial charge >= 0.3 is 5.97 Å². The first-order valence-corrected chi connectivity index (χ1v) is 11.0. The van der Waals surface area contributed by atoms with E-state index < -0.39 is 36.4 Å². The minimum atomic E-state index is -1.12. The lowest BCUT2D eigenvalue weighted by Crippen LogP contribution is -2.48. The molecule has 1 aliphatic heterocycles. The minimum absolute atomic E-state index is 0.128. The number of amides is 3. The van der Waals surface area contributed by atoms with Gasteiger partial charge in [0, 0.05) is 12.1 Å². The third-order valence-electron chi connectivity index (χ3n) is 6.04. The van der Waals surface area contributed by atoms with Crippen molar-refractivity contribution in [3.63, 3.8) is 0 Å². The molecule has 170 valence electrons. The molecule has 1 N–H and O–H groups in total. The molecule has 3 atom stereocenters. The van der Waals surface area contributed by atoms with Crippen molar-refractivity contribution in [2.75, 3.05) is 11.9 Å². The Labute approximate surface area is 192 Å². The molecule has 1 fully saturated rings. The van der Waals surface area contributed by atoms with Crippen molar-refractivity contribution in [3.8, 4) is 0 Å². The molecule has 33 heavy (non-hydrogen) atoms. The van der Waals surface area contributed by atoms with Gasteiger partial charge in [-0.25, -0.2) is 4.79 Å². The molecule has 2 aromatic rings. The van der Waals surface area contributed by atoms with Gasteiger partial charge in [0.1, 0.15) is 6.04 Å². The number of carbonyl (C=O) groups excluding carboxylic acids is 4. The zero-order valence-electron chi connectivity index (χ0n) is 18.4. The number of benzene rings is 2. The second-order valence-electron chi connectivity index (χ2n) is 8.43. The Kier molecular flexibility index (Phi) is 6.68. The minimum Gasteiger partial charge on any atom is -0.454 e. The molecule has 4 rings (SSSR count). The highest BCUT2D eigenvalue weighted by atomic mass is 16.5. The summed E-state index contributed by atoms with van der Waals surface area (Å²) in [6, 6.07) is 15.3. The smallest absolute Gasteiger partial charge is 0.330 e. The van der Waals surface area contributed by atoms with Crippen LogP contribution < -0.4 is 5.32 Å². The molecule has 1 saturated heterocycles. The molecule has 0 radical (unpaired) electrons. The van der Waals surface area contributed by atoms with Crippen LogP contribution in [-0.2, 0) is 30.3 Å². The van der Waals surface area contributed by atoms with E-state index in [4.69, 9.17) is 4.74 Å². The molecule has 0 spiro atoms. The largest absolute Gasteiger partial charge is 0.454 e. The Bertz CT molecular complexity index is 1070. The van der Waals surface area contributed by atoms with Crippen LogP contribution in [0.4, 0.5) is 5.69 Å². The van der Waals surface area contributed by atoms with Crippen LogP contribution in [0.1, 0.15) is 24.0 Å². The fourth-order valence-electron chi connectivity index (χ4n) is 4.40. The Balaban J connectivity index is 1.48. The molecule has 1 heterocycles. The molecule has 7 nitrogen and oxygen atoms in total. The van der Waals surface area contributed by atoms with E-state index in [1.165, 1.54) is 0 Å². The Morgan fingerprint density at radius 2 is 1.67 bits per heavy atom. The number of fused-ring (bicyclic) bond motifs is 1. The van der Waals surface area contributed by atoms with Crippen LogP contribution in [0.15, 0.2) is 66.7 Å². The van der Waals surface area contributed by atoms with Crippen LogP contribution in [0.5, 0.6) is 0 Å². The summed E-state index contributed by atoms with van der Waals surface area (Å²) in [6.07, 6.45) is 4.89. The highest BCUT2D eigenvalue weighted by Gasteiger charge is 2.51. The van der Waals surface area contributed by atoms with Gasteiger partial charge in [-0.1, -0.05) is 54.6 Å². The Hall–Kier alpha value is -3.74. The van der Waals surface area contributed by atoms with Gasteiger partial charge in [-0.3, -0.25) is 19.3 Å². The summed E-state index contributed by atoms with van der Waals surface area (Å²) >= 11 is 0. The third kappa shape index (κ3) is 5.03. The molecular formula is C26H26N2O5. The number of aryl methyl sites for hydroxylation is 1. The number of hydrogen-bond donors (Lipinski definition) is 1. The van der Waals surface area contributed by atoms with Crippen molar-refractivity contribution in [1.82, 2.24) is 4.90 Å². The van der Waals surface area contributed by atoms with Crippen molar-refractivity contribution in [2.45, 2.75) is 32.2 Å². The number of carbonyl (C=O) groups is 4. The van der Waals surface area contributed by atoms with Crippen LogP contribution in [0.25, 0.3) is 0 Å². The lowest BCUT2D eigenvalue weighted by atomic mass is 9.85. The lowest BCUT2D eigenvalue weighted by molar-refractivity contribution is -0.159. The summed E-state index contributed by atoms with van der Waals surface area (Å²) in [5, 5.41) is 2.68. The number of esters is 1. The lowest BCUT2D eigenvalue weighted by Gasteiger charge is -2.25. The number of likely N-dealkylation sites (tertiary alicyclic amines) is 1. The highest BCUT2D eigenvalue weighted by Crippen LogP contribution is 2.36. The SMILES string of the molecule is Cc1cccc(NC(=O)COC(=O)[C@H](Cc2ccccc2)N2C(=O)[C@H]3CC=CC[C@H]3C2=O)c1.